The Morgan fingerprint density at radius 2 is 0.882 bits per heavy atom. The molecule has 88 valence electrons. The highest BCUT2D eigenvalue weighted by Gasteiger charge is 2.61. The third-order valence-electron chi connectivity index (χ3n) is 5.18. The van der Waals surface area contributed by atoms with Crippen molar-refractivity contribution in [1.29, 1.82) is 0 Å². The summed E-state index contributed by atoms with van der Waals surface area (Å²) in [7, 11) is 0. The van der Waals surface area contributed by atoms with Gasteiger partial charge in [-0.3, -0.25) is 0 Å². The fraction of sp³-hybridized carbons (Fsp3) is 0.692. The van der Waals surface area contributed by atoms with Gasteiger partial charge in [0.2, 0.25) is 0 Å². The van der Waals surface area contributed by atoms with Crippen LogP contribution in [0.3, 0.4) is 0 Å². The summed E-state index contributed by atoms with van der Waals surface area (Å²) in [5.41, 5.74) is 0. The molecular formula is C13H12S4. The van der Waals surface area contributed by atoms with E-state index in [2.05, 4.69) is 47.0 Å². The van der Waals surface area contributed by atoms with Crippen LogP contribution in [0.25, 0.3) is 0 Å². The van der Waals surface area contributed by atoms with E-state index in [4.69, 9.17) is 0 Å². The van der Waals surface area contributed by atoms with E-state index in [0.29, 0.717) is 2.74 Å². The molecule has 0 atom stereocenters. The van der Waals surface area contributed by atoms with Crippen molar-refractivity contribution in [2.75, 3.05) is 0 Å². The third kappa shape index (κ3) is 1.01. The van der Waals surface area contributed by atoms with E-state index >= 15 is 0 Å². The van der Waals surface area contributed by atoms with Crippen molar-refractivity contribution in [3.05, 3.63) is 19.6 Å². The van der Waals surface area contributed by atoms with Crippen LogP contribution in [0.5, 0.6) is 0 Å². The predicted molar refractivity (Wildman–Crippen MR) is 79.6 cm³/mol. The molecule has 4 heteroatoms. The molecule has 0 radical (unpaired) electrons. The number of hydrogen-bond donors (Lipinski definition) is 0. The van der Waals surface area contributed by atoms with Gasteiger partial charge in [0.05, 0.1) is 0 Å². The summed E-state index contributed by atoms with van der Waals surface area (Å²) in [4.78, 5) is 7.26. The lowest BCUT2D eigenvalue weighted by atomic mass is 9.83. The maximum absolute atomic E-state index is 2.25. The molecule has 8 rings (SSSR count). The standard InChI is InChI=1S/C13H12S4/c1-5-2-6(1)10-9(5)14-13(15-10)16-11-7-3-8(4-7)12(11)17-13/h5-8H,1-4H2. The second-order valence-corrected chi connectivity index (χ2v) is 12.7. The molecular weight excluding hydrogens is 284 g/mol. The normalized spacial score (nSPS) is 56.5. The average molecular weight is 297 g/mol. The molecule has 4 bridgehead atoms. The second-order valence-electron chi connectivity index (χ2n) is 6.10. The van der Waals surface area contributed by atoms with Gasteiger partial charge in [0, 0.05) is 19.6 Å². The van der Waals surface area contributed by atoms with Crippen molar-refractivity contribution in [3.63, 3.8) is 0 Å². The van der Waals surface area contributed by atoms with Crippen molar-refractivity contribution in [2.24, 2.45) is 23.7 Å². The molecule has 2 aliphatic heterocycles. The number of allylic oxidation sites excluding steroid dienone is 4. The van der Waals surface area contributed by atoms with Crippen LogP contribution >= 0.6 is 47.0 Å². The smallest absolute Gasteiger partial charge is 0.0887 e. The Balaban J connectivity index is 1.34. The minimum absolute atomic E-state index is 0.421. The molecule has 0 aromatic heterocycles. The van der Waals surface area contributed by atoms with Gasteiger partial charge < -0.3 is 0 Å². The quantitative estimate of drug-likeness (QED) is 0.612. The number of thioether (sulfide) groups is 4. The Morgan fingerprint density at radius 3 is 1.18 bits per heavy atom. The molecule has 17 heavy (non-hydrogen) atoms. The fourth-order valence-electron chi connectivity index (χ4n) is 4.09. The summed E-state index contributed by atoms with van der Waals surface area (Å²) in [6, 6.07) is 0. The maximum atomic E-state index is 2.25. The SMILES string of the molecule is C1C2CC1C1=C2SC2(S1)SC1=C(S2)C2CC1C2. The monoisotopic (exact) mass is 296 g/mol. The minimum Gasteiger partial charge on any atom is -0.0887 e. The zero-order valence-corrected chi connectivity index (χ0v) is 12.5. The van der Waals surface area contributed by atoms with Crippen LogP contribution in [0.2, 0.25) is 0 Å². The van der Waals surface area contributed by atoms with Gasteiger partial charge in [0.1, 0.15) is 0 Å². The Morgan fingerprint density at radius 1 is 0.588 bits per heavy atom. The van der Waals surface area contributed by atoms with Crippen molar-refractivity contribution >= 4 is 47.0 Å². The zero-order chi connectivity index (χ0) is 10.8. The van der Waals surface area contributed by atoms with E-state index in [1.807, 2.05) is 19.6 Å². The molecule has 8 aliphatic rings. The van der Waals surface area contributed by atoms with Crippen LogP contribution in [-0.2, 0) is 0 Å². The van der Waals surface area contributed by atoms with Gasteiger partial charge in [-0.1, -0.05) is 47.0 Å². The van der Waals surface area contributed by atoms with E-state index in [1.54, 1.807) is 0 Å². The first kappa shape index (κ1) is 9.73. The molecule has 0 aromatic rings. The summed E-state index contributed by atoms with van der Waals surface area (Å²) < 4.78 is 0.421. The fourth-order valence-corrected chi connectivity index (χ4v) is 12.4. The summed E-state index contributed by atoms with van der Waals surface area (Å²) in [5.74, 6) is 3.94. The lowest BCUT2D eigenvalue weighted by Crippen LogP contribution is -2.21. The average Bonchev–Trinajstić information content (AvgIpc) is 2.81. The van der Waals surface area contributed by atoms with E-state index in [1.165, 1.54) is 25.7 Å². The summed E-state index contributed by atoms with van der Waals surface area (Å²) in [6.07, 6.45) is 5.98. The van der Waals surface area contributed by atoms with Crippen LogP contribution in [0.15, 0.2) is 19.6 Å². The first-order valence-electron chi connectivity index (χ1n) is 6.55. The maximum Gasteiger partial charge on any atom is 0.170 e. The van der Waals surface area contributed by atoms with Crippen LogP contribution in [-0.4, -0.2) is 2.74 Å². The van der Waals surface area contributed by atoms with E-state index in [-0.39, 0.29) is 0 Å². The van der Waals surface area contributed by atoms with Gasteiger partial charge in [0.25, 0.3) is 0 Å². The van der Waals surface area contributed by atoms with Crippen LogP contribution in [0.4, 0.5) is 0 Å². The highest BCUT2D eigenvalue weighted by Crippen LogP contribution is 2.83. The topological polar surface area (TPSA) is 0 Å². The van der Waals surface area contributed by atoms with Gasteiger partial charge in [-0.05, 0) is 49.4 Å². The van der Waals surface area contributed by atoms with Crippen molar-refractivity contribution in [3.8, 4) is 0 Å². The molecule has 2 fully saturated rings. The lowest BCUT2D eigenvalue weighted by molar-refractivity contribution is 0.327. The van der Waals surface area contributed by atoms with Gasteiger partial charge in [-0.25, -0.2) is 0 Å². The van der Waals surface area contributed by atoms with E-state index < -0.39 is 0 Å². The molecule has 0 amide bonds. The molecule has 1 spiro atoms. The van der Waals surface area contributed by atoms with Gasteiger partial charge in [-0.2, -0.15) is 0 Å². The van der Waals surface area contributed by atoms with Crippen LogP contribution < -0.4 is 0 Å². The highest BCUT2D eigenvalue weighted by atomic mass is 32.3. The van der Waals surface area contributed by atoms with Crippen LogP contribution in [0.1, 0.15) is 25.7 Å². The first-order valence-corrected chi connectivity index (χ1v) is 9.82. The predicted octanol–water partition coefficient (Wildman–Crippen LogP) is 5.06. The summed E-state index contributed by atoms with van der Waals surface area (Å²) in [6.45, 7) is 0. The van der Waals surface area contributed by atoms with Gasteiger partial charge >= 0.3 is 0 Å². The molecule has 6 aliphatic carbocycles. The van der Waals surface area contributed by atoms with Gasteiger partial charge in [0.15, 0.2) is 2.74 Å². The van der Waals surface area contributed by atoms with E-state index in [9.17, 15) is 0 Å². The van der Waals surface area contributed by atoms with Crippen molar-refractivity contribution in [2.45, 2.75) is 28.4 Å². The number of hydrogen-bond acceptors (Lipinski definition) is 4. The Labute approximate surface area is 118 Å². The van der Waals surface area contributed by atoms with Crippen molar-refractivity contribution in [1.82, 2.24) is 0 Å². The molecule has 0 aromatic carbocycles. The largest absolute Gasteiger partial charge is 0.170 e. The molecule has 2 saturated carbocycles. The van der Waals surface area contributed by atoms with Gasteiger partial charge in [-0.15, -0.1) is 0 Å². The summed E-state index contributed by atoms with van der Waals surface area (Å²) in [5, 5.41) is 0. The highest BCUT2D eigenvalue weighted by molar-refractivity contribution is 8.53. The van der Waals surface area contributed by atoms with E-state index in [0.717, 1.165) is 23.7 Å². The first-order chi connectivity index (χ1) is 8.31. The summed E-state index contributed by atoms with van der Waals surface area (Å²) >= 11 is 8.99. The Kier molecular flexibility index (Phi) is 1.61. The number of rotatable bonds is 0. The zero-order valence-electron chi connectivity index (χ0n) is 9.27. The minimum atomic E-state index is 0.421. The van der Waals surface area contributed by atoms with Crippen LogP contribution in [0, 0.1) is 23.7 Å². The van der Waals surface area contributed by atoms with Crippen molar-refractivity contribution < 1.29 is 0 Å². The molecule has 0 saturated heterocycles. The molecule has 0 unspecified atom stereocenters. The molecule has 2 heterocycles. The lowest BCUT2D eigenvalue weighted by Gasteiger charge is -2.36. The second kappa shape index (κ2) is 2.82. The Bertz CT molecular complexity index is 428. The molecule has 0 N–H and O–H groups in total. The third-order valence-corrected chi connectivity index (χ3v) is 12.5. The molecule has 0 nitrogen and oxygen atoms in total. The Hall–Kier alpha value is 0.880.